The summed E-state index contributed by atoms with van der Waals surface area (Å²) in [5, 5.41) is 32.9. The van der Waals surface area contributed by atoms with Gasteiger partial charge in [0, 0.05) is 22.8 Å². The van der Waals surface area contributed by atoms with Gasteiger partial charge in [-0.15, -0.1) is 10.2 Å². The van der Waals surface area contributed by atoms with E-state index in [2.05, 4.69) is 15.5 Å². The van der Waals surface area contributed by atoms with Crippen LogP contribution >= 0.6 is 11.3 Å². The number of carboxylic acids is 2. The Morgan fingerprint density at radius 3 is 2.33 bits per heavy atom. The Balaban J connectivity index is 0.00000129. The van der Waals surface area contributed by atoms with Crippen molar-refractivity contribution in [1.29, 1.82) is 0 Å². The number of benzene rings is 2. The van der Waals surface area contributed by atoms with Crippen molar-refractivity contribution in [1.82, 2.24) is 10.2 Å². The molecule has 0 radical (unpaired) electrons. The molecule has 1 N–H and O–H groups in total. The molecule has 0 aliphatic carbocycles. The van der Waals surface area contributed by atoms with Crippen molar-refractivity contribution >= 4 is 29.0 Å². The Kier molecular flexibility index (Phi) is 13.8. The van der Waals surface area contributed by atoms with Gasteiger partial charge in [-0.1, -0.05) is 35.6 Å². The third kappa shape index (κ3) is 9.57. The molecule has 0 amide bonds. The summed E-state index contributed by atoms with van der Waals surface area (Å²) in [6.45, 7) is 3.01. The third-order valence-corrected chi connectivity index (χ3v) is 4.13. The van der Waals surface area contributed by atoms with Gasteiger partial charge >= 0.3 is 59.1 Å². The second-order valence-corrected chi connectivity index (χ2v) is 6.63. The van der Waals surface area contributed by atoms with Crippen LogP contribution < -0.4 is 79.4 Å². The largest absolute Gasteiger partial charge is 1.00 e. The van der Waals surface area contributed by atoms with Crippen molar-refractivity contribution in [2.24, 2.45) is 0 Å². The van der Waals surface area contributed by atoms with E-state index in [1.165, 1.54) is 17.4 Å². The number of carbonyl (C=O) groups is 2. The molecule has 3 aromatic rings. The molecule has 1 aromatic heterocycles. The summed E-state index contributed by atoms with van der Waals surface area (Å²) in [6, 6.07) is 14.1. The number of nitrogens with one attached hydrogen (secondary N) is 1. The molecule has 8 nitrogen and oxygen atoms in total. The average molecular weight is 445 g/mol. The first kappa shape index (κ1) is 28.5. The number of carbonyl (C=O) groups excluding carboxylic acids is 2. The van der Waals surface area contributed by atoms with Crippen molar-refractivity contribution in [3.63, 3.8) is 0 Å². The molecule has 3 rings (SSSR count). The molecule has 0 spiro atoms. The number of aromatic nitrogens is 2. The number of aromatic carboxylic acids is 1. The molecule has 146 valence electrons. The number of carboxylic acid groups (broad SMARTS) is 2. The molecule has 1 heterocycles. The van der Waals surface area contributed by atoms with Crippen LogP contribution in [0.2, 0.25) is 0 Å². The SMILES string of the molecule is CC(=O)[O-].Cc1nnc(-c2cccc(NCOc3ccccc3C(=O)[O-])c2)s1.[Na+].[Na+]. The van der Waals surface area contributed by atoms with Crippen LogP contribution in [0.4, 0.5) is 5.69 Å². The summed E-state index contributed by atoms with van der Waals surface area (Å²) in [7, 11) is 0. The summed E-state index contributed by atoms with van der Waals surface area (Å²) >= 11 is 1.52. The summed E-state index contributed by atoms with van der Waals surface area (Å²) in [5.41, 5.74) is 1.82. The third-order valence-electron chi connectivity index (χ3n) is 3.25. The first-order valence-electron chi connectivity index (χ1n) is 8.12. The van der Waals surface area contributed by atoms with Crippen molar-refractivity contribution in [2.75, 3.05) is 12.0 Å². The van der Waals surface area contributed by atoms with Crippen molar-refractivity contribution in [3.8, 4) is 16.3 Å². The Hall–Kier alpha value is -1.46. The molecule has 0 fully saturated rings. The minimum atomic E-state index is -1.26. The van der Waals surface area contributed by atoms with Crippen LogP contribution in [0.15, 0.2) is 48.5 Å². The first-order chi connectivity index (χ1) is 13.4. The second kappa shape index (κ2) is 14.5. The van der Waals surface area contributed by atoms with Crippen LogP contribution in [0.3, 0.4) is 0 Å². The number of nitrogens with zero attached hydrogens (tertiary/aromatic N) is 2. The van der Waals surface area contributed by atoms with Gasteiger partial charge in [0.2, 0.25) is 0 Å². The fourth-order valence-corrected chi connectivity index (χ4v) is 2.82. The molecule has 0 aliphatic heterocycles. The standard InChI is InChI=1S/C17H15N3O3S.C2H4O2.2Na/c1-11-19-20-16(24-11)12-5-4-6-13(9-12)18-10-23-15-8-3-2-7-14(15)17(21)22;1-2(3)4;;/h2-9,18H,10H2,1H3,(H,21,22);1H3,(H,3,4);;/q;;2*+1/p-2. The van der Waals surface area contributed by atoms with Gasteiger partial charge in [-0.25, -0.2) is 0 Å². The normalized spacial score (nSPS) is 9.13. The molecular formula is C19H17N3Na2O5S. The van der Waals surface area contributed by atoms with E-state index in [1.807, 2.05) is 31.2 Å². The summed E-state index contributed by atoms with van der Waals surface area (Å²) in [5.74, 6) is -2.08. The molecule has 0 saturated heterocycles. The average Bonchev–Trinajstić information content (AvgIpc) is 3.08. The van der Waals surface area contributed by atoms with E-state index in [1.54, 1.807) is 18.2 Å². The minimum absolute atomic E-state index is 0. The number of para-hydroxylation sites is 1. The molecule has 0 atom stereocenters. The molecule has 0 saturated carbocycles. The van der Waals surface area contributed by atoms with E-state index in [4.69, 9.17) is 14.6 Å². The number of aryl methyl sites for hydroxylation is 1. The number of ether oxygens (including phenoxy) is 1. The van der Waals surface area contributed by atoms with Crippen LogP contribution in [-0.4, -0.2) is 28.9 Å². The zero-order valence-electron chi connectivity index (χ0n) is 17.2. The van der Waals surface area contributed by atoms with Gasteiger partial charge in [-0.3, -0.25) is 0 Å². The fourth-order valence-electron chi connectivity index (χ4n) is 2.13. The summed E-state index contributed by atoms with van der Waals surface area (Å²) < 4.78 is 5.49. The van der Waals surface area contributed by atoms with Gasteiger partial charge in [0.15, 0.2) is 6.73 Å². The number of hydrogen-bond donors (Lipinski definition) is 1. The van der Waals surface area contributed by atoms with Gasteiger partial charge in [0.1, 0.15) is 15.8 Å². The molecule has 2 aromatic carbocycles. The maximum absolute atomic E-state index is 11.0. The van der Waals surface area contributed by atoms with Crippen LogP contribution in [-0.2, 0) is 4.79 Å². The van der Waals surface area contributed by atoms with Crippen molar-refractivity contribution < 1.29 is 83.7 Å². The van der Waals surface area contributed by atoms with Gasteiger partial charge < -0.3 is 29.9 Å². The van der Waals surface area contributed by atoms with Crippen LogP contribution in [0, 0.1) is 6.92 Å². The Bertz CT molecular complexity index is 965. The van der Waals surface area contributed by atoms with Gasteiger partial charge in [0.05, 0.1) is 5.97 Å². The van der Waals surface area contributed by atoms with E-state index in [0.717, 1.165) is 28.2 Å². The minimum Gasteiger partial charge on any atom is -0.550 e. The number of hydrogen-bond acceptors (Lipinski definition) is 9. The first-order valence-corrected chi connectivity index (χ1v) is 8.93. The molecule has 0 bridgehead atoms. The van der Waals surface area contributed by atoms with Crippen molar-refractivity contribution in [2.45, 2.75) is 13.8 Å². The number of aliphatic carboxylic acids is 1. The maximum atomic E-state index is 11.0. The Morgan fingerprint density at radius 1 is 1.07 bits per heavy atom. The van der Waals surface area contributed by atoms with Gasteiger partial charge in [-0.2, -0.15) is 0 Å². The molecule has 0 aliphatic rings. The van der Waals surface area contributed by atoms with E-state index in [-0.39, 0.29) is 77.2 Å². The van der Waals surface area contributed by atoms with Gasteiger partial charge in [0.25, 0.3) is 0 Å². The predicted molar refractivity (Wildman–Crippen MR) is 101 cm³/mol. The van der Waals surface area contributed by atoms with Crippen molar-refractivity contribution in [3.05, 3.63) is 59.1 Å². The van der Waals surface area contributed by atoms with E-state index < -0.39 is 11.9 Å². The monoisotopic (exact) mass is 445 g/mol. The Labute approximate surface area is 222 Å². The molecular weight excluding hydrogens is 428 g/mol. The smallest absolute Gasteiger partial charge is 0.550 e. The molecule has 0 unspecified atom stereocenters. The predicted octanol–water partition coefficient (Wildman–Crippen LogP) is -4.91. The number of anilines is 1. The summed E-state index contributed by atoms with van der Waals surface area (Å²) in [6.07, 6.45) is 0. The van der Waals surface area contributed by atoms with E-state index >= 15 is 0 Å². The zero-order chi connectivity index (χ0) is 20.5. The maximum Gasteiger partial charge on any atom is 1.00 e. The van der Waals surface area contributed by atoms with E-state index in [9.17, 15) is 9.90 Å². The topological polar surface area (TPSA) is 127 Å². The quantitative estimate of drug-likeness (QED) is 0.296. The van der Waals surface area contributed by atoms with E-state index in [0.29, 0.717) is 0 Å². The molecule has 11 heteroatoms. The fraction of sp³-hybridized carbons (Fsp3) is 0.158. The summed E-state index contributed by atoms with van der Waals surface area (Å²) in [4.78, 5) is 19.9. The number of rotatable bonds is 6. The zero-order valence-corrected chi connectivity index (χ0v) is 22.0. The van der Waals surface area contributed by atoms with Gasteiger partial charge in [-0.05, 0) is 38.1 Å². The van der Waals surface area contributed by atoms with Crippen LogP contribution in [0.1, 0.15) is 22.3 Å². The molecule has 30 heavy (non-hydrogen) atoms. The second-order valence-electron chi connectivity index (χ2n) is 5.45. The van der Waals surface area contributed by atoms with Crippen LogP contribution in [0.25, 0.3) is 10.6 Å². The van der Waals surface area contributed by atoms with Crippen LogP contribution in [0.5, 0.6) is 5.75 Å². The Morgan fingerprint density at radius 2 is 1.73 bits per heavy atom.